The molecule has 2 aliphatic carbocycles. The standard InChI is InChI=1S/C60H39N3/c1-3-18-40(19-4-1)62(42-34-36-61-37-35-42)57-38-50-44-23-8-10-27-48(44)58(39-51(50)43-22-7-9-26-47(43)57)63(41-20-5-2-6-21-41)56-33-17-32-55-59(56)49-28-13-16-31-54(49)60(55)52-29-14-11-24-45(52)46-25-12-15-30-53(46)60/h1-39H. The van der Waals surface area contributed by atoms with Crippen LogP contribution in [-0.2, 0) is 5.41 Å². The molecule has 63 heavy (non-hydrogen) atoms. The molecule has 1 aromatic heterocycles. The number of hydrogen-bond acceptors (Lipinski definition) is 3. The van der Waals surface area contributed by atoms with E-state index in [0.29, 0.717) is 0 Å². The smallest absolute Gasteiger partial charge is 0.0726 e. The van der Waals surface area contributed by atoms with E-state index in [0.717, 1.165) is 34.1 Å². The van der Waals surface area contributed by atoms with Gasteiger partial charge in [0.2, 0.25) is 0 Å². The predicted octanol–water partition coefficient (Wildman–Crippen LogP) is 15.8. The fraction of sp³-hybridized carbons (Fsp3) is 0.0167. The van der Waals surface area contributed by atoms with E-state index >= 15 is 0 Å². The molecule has 3 heteroatoms. The highest BCUT2D eigenvalue weighted by Crippen LogP contribution is 2.65. The van der Waals surface area contributed by atoms with Crippen molar-refractivity contribution < 1.29 is 0 Å². The van der Waals surface area contributed by atoms with Gasteiger partial charge in [0, 0.05) is 45.8 Å². The molecular formula is C60H39N3. The normalized spacial score (nSPS) is 12.9. The van der Waals surface area contributed by atoms with Gasteiger partial charge in [-0.15, -0.1) is 0 Å². The Balaban J connectivity index is 1.12. The zero-order chi connectivity index (χ0) is 41.5. The van der Waals surface area contributed by atoms with Crippen LogP contribution >= 0.6 is 0 Å². The van der Waals surface area contributed by atoms with Crippen LogP contribution in [0, 0.1) is 0 Å². The molecule has 1 spiro atoms. The van der Waals surface area contributed by atoms with E-state index in [4.69, 9.17) is 0 Å². The maximum Gasteiger partial charge on any atom is 0.0726 e. The molecule has 0 fully saturated rings. The van der Waals surface area contributed by atoms with Crippen molar-refractivity contribution in [3.8, 4) is 22.3 Å². The van der Waals surface area contributed by atoms with Crippen molar-refractivity contribution in [1.29, 1.82) is 0 Å². The Morgan fingerprint density at radius 1 is 0.286 bits per heavy atom. The Morgan fingerprint density at radius 2 is 0.698 bits per heavy atom. The number of aromatic nitrogens is 1. The van der Waals surface area contributed by atoms with Crippen molar-refractivity contribution in [3.05, 3.63) is 259 Å². The van der Waals surface area contributed by atoms with Crippen molar-refractivity contribution in [1.82, 2.24) is 4.98 Å². The van der Waals surface area contributed by atoms with Crippen molar-refractivity contribution >= 4 is 66.4 Å². The second kappa shape index (κ2) is 13.9. The van der Waals surface area contributed by atoms with E-state index in [1.807, 2.05) is 12.4 Å². The summed E-state index contributed by atoms with van der Waals surface area (Å²) in [5.74, 6) is 0. The summed E-state index contributed by atoms with van der Waals surface area (Å²) in [5, 5.41) is 7.15. The van der Waals surface area contributed by atoms with Crippen LogP contribution in [0.15, 0.2) is 237 Å². The molecule has 0 unspecified atom stereocenters. The molecule has 3 nitrogen and oxygen atoms in total. The van der Waals surface area contributed by atoms with Crippen LogP contribution in [0.3, 0.4) is 0 Å². The van der Waals surface area contributed by atoms with Crippen LogP contribution in [0.5, 0.6) is 0 Å². The number of pyridine rings is 1. The Bertz CT molecular complexity index is 3500. The van der Waals surface area contributed by atoms with Crippen LogP contribution in [0.2, 0.25) is 0 Å². The summed E-state index contributed by atoms with van der Waals surface area (Å²) in [6.45, 7) is 0. The van der Waals surface area contributed by atoms with E-state index in [1.165, 1.54) is 76.8 Å². The quantitative estimate of drug-likeness (QED) is 0.156. The highest BCUT2D eigenvalue weighted by molar-refractivity contribution is 6.25. The van der Waals surface area contributed by atoms with Crippen LogP contribution in [0.25, 0.3) is 54.6 Å². The summed E-state index contributed by atoms with van der Waals surface area (Å²) >= 11 is 0. The second-order valence-electron chi connectivity index (χ2n) is 16.6. The SMILES string of the molecule is c1ccc(N(c2ccncc2)c2cc3c4ccccc4c(N(c4ccccc4)c4cccc5c4-c4ccccc4C54c5ccccc5-c5ccccc54)cc3c3ccccc23)cc1. The Kier molecular flexibility index (Phi) is 7.82. The monoisotopic (exact) mass is 801 g/mol. The molecule has 0 radical (unpaired) electrons. The second-order valence-corrected chi connectivity index (χ2v) is 16.6. The Labute approximate surface area is 366 Å². The van der Waals surface area contributed by atoms with E-state index < -0.39 is 5.41 Å². The van der Waals surface area contributed by atoms with E-state index in [-0.39, 0.29) is 0 Å². The Hall–Kier alpha value is -8.27. The third kappa shape index (κ3) is 5.05. The summed E-state index contributed by atoms with van der Waals surface area (Å²) in [6.07, 6.45) is 3.75. The van der Waals surface area contributed by atoms with Crippen LogP contribution in [-0.4, -0.2) is 4.98 Å². The number of anilines is 6. The van der Waals surface area contributed by atoms with Gasteiger partial charge in [0.1, 0.15) is 0 Å². The molecule has 0 amide bonds. The lowest BCUT2D eigenvalue weighted by molar-refractivity contribution is 0.794. The van der Waals surface area contributed by atoms with Crippen LogP contribution in [0.1, 0.15) is 22.3 Å². The molecule has 13 rings (SSSR count). The van der Waals surface area contributed by atoms with Crippen LogP contribution in [0.4, 0.5) is 34.1 Å². The minimum atomic E-state index is -0.449. The first-order valence-electron chi connectivity index (χ1n) is 21.7. The highest BCUT2D eigenvalue weighted by atomic mass is 15.2. The summed E-state index contributed by atoms with van der Waals surface area (Å²) in [6, 6.07) is 82.7. The van der Waals surface area contributed by atoms with Gasteiger partial charge in [0.25, 0.3) is 0 Å². The van der Waals surface area contributed by atoms with E-state index in [9.17, 15) is 0 Å². The van der Waals surface area contributed by atoms with Crippen LogP contribution < -0.4 is 9.80 Å². The van der Waals surface area contributed by atoms with Crippen molar-refractivity contribution in [2.45, 2.75) is 5.41 Å². The lowest BCUT2D eigenvalue weighted by atomic mass is 9.70. The average molecular weight is 802 g/mol. The molecule has 0 N–H and O–H groups in total. The molecule has 11 aromatic rings. The zero-order valence-electron chi connectivity index (χ0n) is 34.4. The minimum absolute atomic E-state index is 0.449. The molecule has 0 atom stereocenters. The van der Waals surface area contributed by atoms with Crippen molar-refractivity contribution in [2.24, 2.45) is 0 Å². The van der Waals surface area contributed by atoms with Gasteiger partial charge in [0.15, 0.2) is 0 Å². The zero-order valence-corrected chi connectivity index (χ0v) is 34.4. The average Bonchev–Trinajstić information content (AvgIpc) is 3.83. The van der Waals surface area contributed by atoms with Crippen molar-refractivity contribution in [3.63, 3.8) is 0 Å². The third-order valence-corrected chi connectivity index (χ3v) is 13.5. The lowest BCUT2D eigenvalue weighted by Gasteiger charge is -2.32. The van der Waals surface area contributed by atoms with E-state index in [1.54, 1.807) is 0 Å². The summed E-state index contributed by atoms with van der Waals surface area (Å²) in [5.41, 5.74) is 16.7. The molecule has 0 saturated heterocycles. The molecule has 294 valence electrons. The number of nitrogens with zero attached hydrogens (tertiary/aromatic N) is 3. The first-order valence-corrected chi connectivity index (χ1v) is 21.7. The number of benzene rings is 10. The number of fused-ring (bicyclic) bond motifs is 15. The number of para-hydroxylation sites is 2. The molecule has 0 bridgehead atoms. The number of rotatable bonds is 6. The molecule has 0 saturated carbocycles. The largest absolute Gasteiger partial charge is 0.310 e. The minimum Gasteiger partial charge on any atom is -0.310 e. The molecule has 10 aromatic carbocycles. The summed E-state index contributed by atoms with van der Waals surface area (Å²) in [7, 11) is 0. The Morgan fingerprint density at radius 3 is 1.27 bits per heavy atom. The van der Waals surface area contributed by atoms with Gasteiger partial charge in [-0.2, -0.15) is 0 Å². The van der Waals surface area contributed by atoms with Gasteiger partial charge in [0.05, 0.1) is 22.5 Å². The molecular weight excluding hydrogens is 763 g/mol. The summed E-state index contributed by atoms with van der Waals surface area (Å²) in [4.78, 5) is 9.28. The van der Waals surface area contributed by atoms with Gasteiger partial charge >= 0.3 is 0 Å². The fourth-order valence-corrected chi connectivity index (χ4v) is 11.1. The van der Waals surface area contributed by atoms with E-state index in [2.05, 4.69) is 239 Å². The fourth-order valence-electron chi connectivity index (χ4n) is 11.1. The summed E-state index contributed by atoms with van der Waals surface area (Å²) < 4.78 is 0. The van der Waals surface area contributed by atoms with Gasteiger partial charge in [-0.1, -0.05) is 170 Å². The molecule has 2 aliphatic rings. The predicted molar refractivity (Wildman–Crippen MR) is 262 cm³/mol. The van der Waals surface area contributed by atoms with Gasteiger partial charge in [-0.25, -0.2) is 0 Å². The van der Waals surface area contributed by atoms with Gasteiger partial charge < -0.3 is 9.80 Å². The molecule has 1 heterocycles. The lowest BCUT2D eigenvalue weighted by Crippen LogP contribution is -2.26. The van der Waals surface area contributed by atoms with Gasteiger partial charge in [-0.3, -0.25) is 4.98 Å². The first-order chi connectivity index (χ1) is 31.3. The molecule has 0 aliphatic heterocycles. The third-order valence-electron chi connectivity index (χ3n) is 13.5. The topological polar surface area (TPSA) is 19.4 Å². The van der Waals surface area contributed by atoms with Gasteiger partial charge in [-0.05, 0) is 115 Å². The number of hydrogen-bond donors (Lipinski definition) is 0. The maximum atomic E-state index is 4.39. The maximum absolute atomic E-state index is 4.39. The highest BCUT2D eigenvalue weighted by Gasteiger charge is 2.52. The first kappa shape index (κ1) is 35.5. The van der Waals surface area contributed by atoms with Crippen molar-refractivity contribution in [2.75, 3.05) is 9.80 Å².